The zero-order valence-electron chi connectivity index (χ0n) is 20.0. The number of rotatable bonds is 7. The summed E-state index contributed by atoms with van der Waals surface area (Å²) in [7, 11) is 1.36. The summed E-state index contributed by atoms with van der Waals surface area (Å²) >= 11 is 0. The van der Waals surface area contributed by atoms with Crippen LogP contribution in [0.1, 0.15) is 20.3 Å². The highest BCUT2D eigenvalue weighted by atomic mass is 28.3. The first-order valence-electron chi connectivity index (χ1n) is 11.0. The predicted molar refractivity (Wildman–Crippen MR) is 117 cm³/mol. The molecule has 0 unspecified atom stereocenters. The number of cyclic esters (lactones) is 1. The number of carbonyl (C=O) groups excluding carboxylic acids is 1. The quantitative estimate of drug-likeness (QED) is 0.186. The van der Waals surface area contributed by atoms with Gasteiger partial charge in [0, 0.05) is 20.1 Å². The van der Waals surface area contributed by atoms with Crippen LogP contribution in [0.2, 0.25) is 19.6 Å². The van der Waals surface area contributed by atoms with E-state index in [0.29, 0.717) is 24.4 Å². The van der Waals surface area contributed by atoms with E-state index in [1.54, 1.807) is 14.2 Å². The summed E-state index contributed by atoms with van der Waals surface area (Å²) < 4.78 is 41.3. The Bertz CT molecular complexity index is 869. The molecule has 4 rings (SSSR count). The van der Waals surface area contributed by atoms with Crippen LogP contribution < -0.4 is 0 Å². The minimum atomic E-state index is -1.81. The lowest BCUT2D eigenvalue weighted by Gasteiger charge is -2.48. The van der Waals surface area contributed by atoms with Gasteiger partial charge in [-0.3, -0.25) is 0 Å². The topological polar surface area (TPSA) is 81.7 Å². The second-order valence-electron chi connectivity index (χ2n) is 10.3. The van der Waals surface area contributed by atoms with Gasteiger partial charge in [-0.15, -0.1) is 5.54 Å². The number of hydrogen-bond donors (Lipinski definition) is 0. The summed E-state index contributed by atoms with van der Waals surface area (Å²) in [6.45, 7) is 11.1. The molecular weight excluding hydrogens is 432 g/mol. The van der Waals surface area contributed by atoms with Gasteiger partial charge in [0.15, 0.2) is 5.60 Å². The van der Waals surface area contributed by atoms with Crippen LogP contribution in [0.25, 0.3) is 0 Å². The number of hydrogen-bond acceptors (Lipinski definition) is 8. The van der Waals surface area contributed by atoms with E-state index in [4.69, 9.17) is 33.2 Å². The Morgan fingerprint density at radius 1 is 1.19 bits per heavy atom. The molecule has 0 N–H and O–H groups in total. The van der Waals surface area contributed by atoms with E-state index in [0.717, 1.165) is 0 Å². The fourth-order valence-electron chi connectivity index (χ4n) is 5.75. The number of esters is 1. The van der Waals surface area contributed by atoms with Crippen molar-refractivity contribution < 1.29 is 38.0 Å². The van der Waals surface area contributed by atoms with Gasteiger partial charge in [0.05, 0.1) is 17.8 Å². The Balaban J connectivity index is 1.90. The van der Waals surface area contributed by atoms with Crippen molar-refractivity contribution in [1.29, 1.82) is 0 Å². The van der Waals surface area contributed by atoms with Crippen LogP contribution in [0.3, 0.4) is 0 Å². The van der Waals surface area contributed by atoms with E-state index in [2.05, 4.69) is 31.1 Å². The molecule has 0 aromatic carbocycles. The molecule has 3 fully saturated rings. The molecule has 178 valence electrons. The van der Waals surface area contributed by atoms with Crippen LogP contribution in [0.5, 0.6) is 0 Å². The zero-order valence-corrected chi connectivity index (χ0v) is 21.0. The fraction of sp³-hybridized carbons (Fsp3) is 0.783. The normalized spacial score (nSPS) is 39.8. The van der Waals surface area contributed by atoms with E-state index in [-0.39, 0.29) is 38.2 Å². The van der Waals surface area contributed by atoms with Crippen molar-refractivity contribution in [3.63, 3.8) is 0 Å². The van der Waals surface area contributed by atoms with Gasteiger partial charge in [-0.25, -0.2) is 4.79 Å². The first-order valence-corrected chi connectivity index (χ1v) is 14.5. The number of allylic oxidation sites excluding steroid dienone is 1. The molecule has 4 aliphatic rings. The Labute approximate surface area is 190 Å². The summed E-state index contributed by atoms with van der Waals surface area (Å²) in [6.07, 6.45) is -0.121. The average molecular weight is 467 g/mol. The van der Waals surface area contributed by atoms with Crippen LogP contribution in [-0.2, 0) is 38.0 Å². The third kappa shape index (κ3) is 3.35. The van der Waals surface area contributed by atoms with Crippen molar-refractivity contribution in [3.8, 4) is 11.5 Å². The highest BCUT2D eigenvalue weighted by Gasteiger charge is 2.81. The molecule has 2 bridgehead atoms. The molecule has 0 radical (unpaired) electrons. The summed E-state index contributed by atoms with van der Waals surface area (Å²) in [4.78, 5) is 12.9. The minimum Gasteiger partial charge on any atom is -0.493 e. The van der Waals surface area contributed by atoms with E-state index in [9.17, 15) is 4.79 Å². The van der Waals surface area contributed by atoms with E-state index >= 15 is 0 Å². The molecule has 0 amide bonds. The molecule has 32 heavy (non-hydrogen) atoms. The lowest BCUT2D eigenvalue weighted by molar-refractivity contribution is -0.203. The maximum atomic E-state index is 12.9. The molecule has 8 nitrogen and oxygen atoms in total. The van der Waals surface area contributed by atoms with E-state index in [1.807, 2.05) is 13.8 Å². The van der Waals surface area contributed by atoms with Crippen molar-refractivity contribution in [2.24, 2.45) is 11.3 Å². The Kier molecular flexibility index (Phi) is 6.02. The van der Waals surface area contributed by atoms with Gasteiger partial charge in [0.2, 0.25) is 0 Å². The fourth-order valence-corrected chi connectivity index (χ4v) is 6.31. The molecule has 6 atom stereocenters. The Morgan fingerprint density at radius 3 is 2.56 bits per heavy atom. The van der Waals surface area contributed by atoms with Gasteiger partial charge >= 0.3 is 5.97 Å². The van der Waals surface area contributed by atoms with E-state index < -0.39 is 30.8 Å². The first-order chi connectivity index (χ1) is 15.0. The molecule has 0 aromatic heterocycles. The molecule has 0 aromatic rings. The average Bonchev–Trinajstić information content (AvgIpc) is 3.27. The maximum absolute atomic E-state index is 12.9. The SMILES string of the molecule is COCOC[C@]1(C)O[C@]2(C#C[Si](C)(C)C)[C@H](OCOC)[C@H]1C[C@H]1OC(C)=C3C(=O)OC[C@@]312. The largest absolute Gasteiger partial charge is 0.493 e. The van der Waals surface area contributed by atoms with Gasteiger partial charge in [0.1, 0.15) is 51.6 Å². The first kappa shape index (κ1) is 23.7. The van der Waals surface area contributed by atoms with Crippen LogP contribution in [0, 0.1) is 22.8 Å². The summed E-state index contributed by atoms with van der Waals surface area (Å²) in [6, 6.07) is 0. The lowest BCUT2D eigenvalue weighted by Crippen LogP contribution is -2.64. The second kappa shape index (κ2) is 8.11. The maximum Gasteiger partial charge on any atom is 0.338 e. The Morgan fingerprint density at radius 2 is 1.91 bits per heavy atom. The summed E-state index contributed by atoms with van der Waals surface area (Å²) in [5.41, 5.74) is 1.31. The molecule has 1 saturated carbocycles. The molecular formula is C23H34O8Si. The van der Waals surface area contributed by atoms with Gasteiger partial charge in [-0.2, -0.15) is 0 Å². The summed E-state index contributed by atoms with van der Waals surface area (Å²) in [5, 5.41) is 0. The van der Waals surface area contributed by atoms with Gasteiger partial charge in [-0.1, -0.05) is 25.6 Å². The monoisotopic (exact) mass is 466 g/mol. The Hall–Kier alpha value is -1.41. The molecule has 1 aliphatic carbocycles. The molecule has 1 spiro atoms. The predicted octanol–water partition coefficient (Wildman–Crippen LogP) is 2.24. The third-order valence-electron chi connectivity index (χ3n) is 6.96. The van der Waals surface area contributed by atoms with Crippen molar-refractivity contribution >= 4 is 14.0 Å². The van der Waals surface area contributed by atoms with Crippen molar-refractivity contribution in [1.82, 2.24) is 0 Å². The van der Waals surface area contributed by atoms with Crippen molar-refractivity contribution in [2.75, 3.05) is 41.0 Å². The molecule has 3 aliphatic heterocycles. The second-order valence-corrected chi connectivity index (χ2v) is 15.1. The van der Waals surface area contributed by atoms with Crippen LogP contribution in [0.15, 0.2) is 11.3 Å². The highest BCUT2D eigenvalue weighted by molar-refractivity contribution is 6.83. The number of fused-ring (bicyclic) bond motifs is 2. The zero-order chi connectivity index (χ0) is 23.4. The smallest absolute Gasteiger partial charge is 0.338 e. The summed E-state index contributed by atoms with van der Waals surface area (Å²) in [5.74, 6) is 3.65. The number of methoxy groups -OCH3 is 2. The van der Waals surface area contributed by atoms with Crippen LogP contribution >= 0.6 is 0 Å². The standard InChI is InChI=1S/C23H34O8Si/c1-15-18-20(24)28-12-22(18)17(30-15)10-16-19(29-14-26-4)23(22,8-9-32(5,6)7)31-21(16,2)11-27-13-25-3/h16-17,19H,10-14H2,1-7H3/t16-,17-,19-,21+,22+,23-/m1/s1. The highest BCUT2D eigenvalue weighted by Crippen LogP contribution is 2.67. The van der Waals surface area contributed by atoms with Crippen molar-refractivity contribution in [3.05, 3.63) is 11.3 Å². The molecule has 9 heteroatoms. The van der Waals surface area contributed by atoms with Crippen LogP contribution in [-0.4, -0.2) is 78.5 Å². The van der Waals surface area contributed by atoms with Crippen LogP contribution in [0.4, 0.5) is 0 Å². The van der Waals surface area contributed by atoms with Gasteiger partial charge in [0.25, 0.3) is 0 Å². The third-order valence-corrected chi connectivity index (χ3v) is 7.83. The molecule has 2 saturated heterocycles. The van der Waals surface area contributed by atoms with Crippen molar-refractivity contribution in [2.45, 2.75) is 63.3 Å². The minimum absolute atomic E-state index is 0.0876. The van der Waals surface area contributed by atoms with Gasteiger partial charge < -0.3 is 33.2 Å². The van der Waals surface area contributed by atoms with Gasteiger partial charge in [-0.05, 0) is 20.3 Å². The van der Waals surface area contributed by atoms with E-state index in [1.165, 1.54) is 0 Å². The number of carbonyl (C=O) groups is 1. The molecule has 3 heterocycles. The lowest BCUT2D eigenvalue weighted by atomic mass is 9.56. The number of ether oxygens (including phenoxy) is 7.